The average molecular weight is 546 g/mol. The smallest absolute Gasteiger partial charge is 0.333 e. The Kier molecular flexibility index (Phi) is 5.09. The van der Waals surface area contributed by atoms with Crippen LogP contribution in [0.1, 0.15) is 5.56 Å². The van der Waals surface area contributed by atoms with Crippen LogP contribution in [0.3, 0.4) is 0 Å². The number of urea groups is 1. The average Bonchev–Trinajstić information content (AvgIpc) is 2.82. The molecule has 3 rings (SSSR count). The molecular weight excluding hydrogens is 534 g/mol. The van der Waals surface area contributed by atoms with Crippen LogP contribution in [0.25, 0.3) is 6.08 Å². The molecule has 0 atom stereocenters. The van der Waals surface area contributed by atoms with Crippen molar-refractivity contribution in [3.8, 4) is 5.75 Å². The lowest BCUT2D eigenvalue weighted by Gasteiger charge is -2.11. The quantitative estimate of drug-likeness (QED) is 0.360. The lowest BCUT2D eigenvalue weighted by atomic mass is 10.2. The second-order valence-electron chi connectivity index (χ2n) is 4.98. The Morgan fingerprint density at radius 1 is 1.08 bits per heavy atom. The zero-order chi connectivity index (χ0) is 17.3. The van der Waals surface area contributed by atoms with E-state index in [4.69, 9.17) is 4.74 Å². The van der Waals surface area contributed by atoms with E-state index < -0.39 is 6.03 Å². The predicted molar refractivity (Wildman–Crippen MR) is 109 cm³/mol. The molecule has 0 bridgehead atoms. The first-order valence-corrected chi connectivity index (χ1v) is 9.12. The largest absolute Gasteiger partial charge is 0.495 e. The van der Waals surface area contributed by atoms with E-state index in [1.807, 2.05) is 18.2 Å². The molecule has 0 saturated carbocycles. The number of nitrogens with zero attached hydrogens (tertiary/aromatic N) is 1. The molecule has 2 aromatic carbocycles. The lowest BCUT2D eigenvalue weighted by molar-refractivity contribution is -0.113. The summed E-state index contributed by atoms with van der Waals surface area (Å²) in [5.74, 6) is 0.429. The number of imide groups is 1. The predicted octanol–water partition coefficient (Wildman–Crippen LogP) is 4.00. The molecule has 1 fully saturated rings. The number of methoxy groups -OCH3 is 1. The van der Waals surface area contributed by atoms with Crippen LogP contribution in [-0.2, 0) is 4.79 Å². The van der Waals surface area contributed by atoms with Crippen LogP contribution in [0.2, 0.25) is 0 Å². The van der Waals surface area contributed by atoms with Crippen molar-refractivity contribution in [2.75, 3.05) is 12.0 Å². The Bertz CT molecular complexity index is 827. The first kappa shape index (κ1) is 17.2. The number of carbonyl (C=O) groups excluding carboxylic acids is 2. The summed E-state index contributed by atoms with van der Waals surface area (Å²) in [5, 5.41) is 2.63. The van der Waals surface area contributed by atoms with Crippen molar-refractivity contribution in [1.82, 2.24) is 5.32 Å². The molecule has 0 aromatic heterocycles. The van der Waals surface area contributed by atoms with E-state index in [0.717, 1.165) is 23.4 Å². The van der Waals surface area contributed by atoms with Crippen molar-refractivity contribution < 1.29 is 14.3 Å². The zero-order valence-electron chi connectivity index (χ0n) is 12.5. The number of anilines is 1. The zero-order valence-corrected chi connectivity index (χ0v) is 16.9. The van der Waals surface area contributed by atoms with E-state index in [-0.39, 0.29) is 11.6 Å². The van der Waals surface area contributed by atoms with E-state index in [9.17, 15) is 9.59 Å². The Balaban J connectivity index is 1.95. The van der Waals surface area contributed by atoms with Crippen molar-refractivity contribution in [3.05, 3.63) is 60.9 Å². The molecule has 1 heterocycles. The molecule has 0 unspecified atom stereocenters. The fourth-order valence-electron chi connectivity index (χ4n) is 2.37. The summed E-state index contributed by atoms with van der Waals surface area (Å²) >= 11 is 4.36. The third-order valence-electron chi connectivity index (χ3n) is 3.43. The Morgan fingerprint density at radius 2 is 1.71 bits per heavy atom. The number of hydrogen-bond acceptors (Lipinski definition) is 3. The Labute approximate surface area is 166 Å². The topological polar surface area (TPSA) is 58.6 Å². The summed E-state index contributed by atoms with van der Waals surface area (Å²) in [5.41, 5.74) is 1.62. The van der Waals surface area contributed by atoms with Crippen LogP contribution < -0.4 is 15.0 Å². The van der Waals surface area contributed by atoms with Gasteiger partial charge in [-0.25, -0.2) is 9.69 Å². The molecule has 3 amide bonds. The van der Waals surface area contributed by atoms with Gasteiger partial charge >= 0.3 is 6.03 Å². The third kappa shape index (κ3) is 3.27. The number of rotatable bonds is 3. The number of amides is 3. The highest BCUT2D eigenvalue weighted by molar-refractivity contribution is 14.1. The maximum Gasteiger partial charge on any atom is 0.333 e. The van der Waals surface area contributed by atoms with Gasteiger partial charge in [0, 0.05) is 0 Å². The highest BCUT2D eigenvalue weighted by Gasteiger charge is 2.34. The van der Waals surface area contributed by atoms with E-state index in [1.54, 1.807) is 37.5 Å². The van der Waals surface area contributed by atoms with Crippen LogP contribution in [0.4, 0.5) is 10.5 Å². The van der Waals surface area contributed by atoms with Gasteiger partial charge in [0.15, 0.2) is 0 Å². The van der Waals surface area contributed by atoms with Gasteiger partial charge < -0.3 is 10.1 Å². The van der Waals surface area contributed by atoms with Crippen LogP contribution >= 0.6 is 45.2 Å². The van der Waals surface area contributed by atoms with Gasteiger partial charge in [-0.3, -0.25) is 4.79 Å². The fraction of sp³-hybridized carbons (Fsp3) is 0.0588. The summed E-state index contributed by atoms with van der Waals surface area (Å²) in [6, 6.07) is 12.2. The van der Waals surface area contributed by atoms with Crippen molar-refractivity contribution in [2.24, 2.45) is 0 Å². The molecule has 0 aliphatic carbocycles. The molecule has 5 nitrogen and oxygen atoms in total. The van der Waals surface area contributed by atoms with Crippen LogP contribution in [-0.4, -0.2) is 19.0 Å². The van der Waals surface area contributed by atoms with Crippen LogP contribution in [0.15, 0.2) is 48.2 Å². The first-order valence-electron chi connectivity index (χ1n) is 6.96. The maximum absolute atomic E-state index is 12.6. The third-order valence-corrected chi connectivity index (χ3v) is 5.03. The molecule has 1 aliphatic rings. The van der Waals surface area contributed by atoms with Crippen molar-refractivity contribution in [3.63, 3.8) is 0 Å². The van der Waals surface area contributed by atoms with Gasteiger partial charge in [-0.2, -0.15) is 0 Å². The molecule has 0 radical (unpaired) electrons. The first-order chi connectivity index (χ1) is 11.5. The van der Waals surface area contributed by atoms with Crippen molar-refractivity contribution in [2.45, 2.75) is 0 Å². The molecule has 0 spiro atoms. The van der Waals surface area contributed by atoms with Gasteiger partial charge in [-0.05, 0) is 81.1 Å². The number of carbonyl (C=O) groups is 2. The number of para-hydroxylation sites is 1. The number of ether oxygens (including phenoxy) is 1. The lowest BCUT2D eigenvalue weighted by Crippen LogP contribution is -2.30. The summed E-state index contributed by atoms with van der Waals surface area (Å²) in [6.45, 7) is 0. The monoisotopic (exact) mass is 546 g/mol. The van der Waals surface area contributed by atoms with Gasteiger partial charge in [0.2, 0.25) is 0 Å². The Morgan fingerprint density at radius 3 is 2.29 bits per heavy atom. The molecule has 1 N–H and O–H groups in total. The normalized spacial score (nSPS) is 15.8. The maximum atomic E-state index is 12.6. The molecule has 1 aliphatic heterocycles. The molecular formula is C17H12I2N2O3. The molecule has 7 heteroatoms. The van der Waals surface area contributed by atoms with Gasteiger partial charge in [0.25, 0.3) is 5.91 Å². The number of benzene rings is 2. The molecule has 122 valence electrons. The van der Waals surface area contributed by atoms with Gasteiger partial charge in [-0.15, -0.1) is 0 Å². The minimum atomic E-state index is -0.449. The van der Waals surface area contributed by atoms with Gasteiger partial charge in [0.1, 0.15) is 11.4 Å². The second-order valence-corrected chi connectivity index (χ2v) is 7.31. The number of halogens is 2. The summed E-state index contributed by atoms with van der Waals surface area (Å²) in [6.07, 6.45) is 1.67. The standard InChI is InChI=1S/C17H12I2N2O3/c1-24-15-12(18)7-10(8-13(15)19)9-14-16(22)21(17(23)20-14)11-5-3-2-4-6-11/h2-9H,1H3,(H,20,23)/b14-9+. The van der Waals surface area contributed by atoms with Crippen molar-refractivity contribution in [1.29, 1.82) is 0 Å². The van der Waals surface area contributed by atoms with E-state index in [2.05, 4.69) is 50.5 Å². The minimum Gasteiger partial charge on any atom is -0.495 e. The van der Waals surface area contributed by atoms with E-state index in [0.29, 0.717) is 5.69 Å². The van der Waals surface area contributed by atoms with Crippen molar-refractivity contribution >= 4 is 68.9 Å². The summed E-state index contributed by atoms with van der Waals surface area (Å²) in [7, 11) is 1.62. The van der Waals surface area contributed by atoms with Crippen LogP contribution in [0.5, 0.6) is 5.75 Å². The summed E-state index contributed by atoms with van der Waals surface area (Å²) in [4.78, 5) is 25.8. The molecule has 1 saturated heterocycles. The van der Waals surface area contributed by atoms with Gasteiger partial charge in [0.05, 0.1) is 19.9 Å². The highest BCUT2D eigenvalue weighted by Crippen LogP contribution is 2.30. The number of nitrogens with one attached hydrogen (secondary N) is 1. The molecule has 24 heavy (non-hydrogen) atoms. The molecule has 2 aromatic rings. The Hall–Kier alpha value is -1.62. The minimum absolute atomic E-state index is 0.251. The number of hydrogen-bond donors (Lipinski definition) is 1. The van der Waals surface area contributed by atoms with E-state index >= 15 is 0 Å². The highest BCUT2D eigenvalue weighted by atomic mass is 127. The summed E-state index contributed by atoms with van der Waals surface area (Å²) < 4.78 is 7.20. The van der Waals surface area contributed by atoms with Gasteiger partial charge in [-0.1, -0.05) is 18.2 Å². The SMILES string of the molecule is COc1c(I)cc(/C=C2/NC(=O)N(c3ccccc3)C2=O)cc1I. The van der Waals surface area contributed by atoms with E-state index in [1.165, 1.54) is 0 Å². The van der Waals surface area contributed by atoms with Crippen LogP contribution in [0, 0.1) is 7.14 Å². The second kappa shape index (κ2) is 7.09. The fourth-order valence-corrected chi connectivity index (χ4v) is 4.63.